The van der Waals surface area contributed by atoms with E-state index < -0.39 is 11.2 Å². The number of carbonyl (C=O) groups is 1. The Balaban J connectivity index is 1.66. The Bertz CT molecular complexity index is 749. The van der Waals surface area contributed by atoms with Crippen LogP contribution in [0, 0.1) is 5.92 Å². The molecule has 25 heavy (non-hydrogen) atoms. The van der Waals surface area contributed by atoms with Gasteiger partial charge in [0.2, 0.25) is 0 Å². The fourth-order valence-corrected chi connectivity index (χ4v) is 3.32. The molecular weight excluding hydrogens is 353 g/mol. The molecule has 0 spiro atoms. The molecule has 1 fully saturated rings. The number of rotatable bonds is 2. The maximum absolute atomic E-state index is 12.6. The summed E-state index contributed by atoms with van der Waals surface area (Å²) in [5.41, 5.74) is 7.29. The molecule has 2 atom stereocenters. The van der Waals surface area contributed by atoms with Crippen LogP contribution in [0.1, 0.15) is 11.9 Å². The van der Waals surface area contributed by atoms with Crippen molar-refractivity contribution in [1.82, 2.24) is 9.88 Å². The molecule has 2 heterocycles. The largest absolute Gasteiger partial charge is 0.443 e. The minimum atomic E-state index is -4.44. The lowest BCUT2D eigenvalue weighted by Crippen LogP contribution is -2.35. The Hall–Kier alpha value is -2.13. The number of amides is 2. The van der Waals surface area contributed by atoms with Crippen LogP contribution in [-0.4, -0.2) is 35.0 Å². The van der Waals surface area contributed by atoms with E-state index in [1.54, 1.807) is 29.2 Å². The first-order valence-corrected chi connectivity index (χ1v) is 8.56. The van der Waals surface area contributed by atoms with Crippen LogP contribution in [-0.2, 0) is 6.18 Å². The zero-order valence-electron chi connectivity index (χ0n) is 13.4. The second kappa shape index (κ2) is 6.64. The number of carbonyl (C=O) groups excluding carboxylic acids is 1. The van der Waals surface area contributed by atoms with Gasteiger partial charge in [-0.05, 0) is 18.1 Å². The number of nitrogens with one attached hydrogen (secondary N) is 1. The van der Waals surface area contributed by atoms with E-state index in [0.717, 1.165) is 0 Å². The number of hydrogen-bond acceptors (Lipinski definition) is 4. The van der Waals surface area contributed by atoms with E-state index >= 15 is 0 Å². The minimum Gasteiger partial charge on any atom is -0.326 e. The molecular formula is C16H17F3N4OS. The van der Waals surface area contributed by atoms with Crippen molar-refractivity contribution in [3.05, 3.63) is 34.7 Å². The van der Waals surface area contributed by atoms with Crippen LogP contribution >= 0.6 is 11.3 Å². The molecule has 1 aliphatic heterocycles. The number of nitrogens with zero attached hydrogens (tertiary/aromatic N) is 2. The fraction of sp³-hybridized carbons (Fsp3) is 0.375. The lowest BCUT2D eigenvalue weighted by atomic mass is 10.1. The number of halogens is 3. The van der Waals surface area contributed by atoms with Gasteiger partial charge in [-0.25, -0.2) is 9.78 Å². The summed E-state index contributed by atoms with van der Waals surface area (Å²) < 4.78 is 37.8. The number of likely N-dealkylation sites (tertiary alicyclic amines) is 1. The van der Waals surface area contributed by atoms with Crippen molar-refractivity contribution in [2.45, 2.75) is 19.1 Å². The second-order valence-corrected chi connectivity index (χ2v) is 6.95. The average molecular weight is 370 g/mol. The Labute approximate surface area is 146 Å². The molecule has 0 radical (unpaired) electrons. The molecule has 134 valence electrons. The predicted molar refractivity (Wildman–Crippen MR) is 90.3 cm³/mol. The van der Waals surface area contributed by atoms with Gasteiger partial charge in [0.15, 0.2) is 5.01 Å². The van der Waals surface area contributed by atoms with Crippen LogP contribution < -0.4 is 11.1 Å². The van der Waals surface area contributed by atoms with E-state index in [-0.39, 0.29) is 23.7 Å². The van der Waals surface area contributed by atoms with Crippen molar-refractivity contribution >= 4 is 23.1 Å². The number of nitrogens with two attached hydrogens (primary N) is 1. The molecule has 9 heteroatoms. The van der Waals surface area contributed by atoms with Gasteiger partial charge in [0.25, 0.3) is 0 Å². The number of anilines is 1. The van der Waals surface area contributed by atoms with Crippen LogP contribution in [0.15, 0.2) is 29.6 Å². The summed E-state index contributed by atoms with van der Waals surface area (Å²) >= 11 is 0.559. The van der Waals surface area contributed by atoms with Crippen LogP contribution in [0.3, 0.4) is 0 Å². The number of aromatic nitrogens is 1. The van der Waals surface area contributed by atoms with Crippen LogP contribution in [0.25, 0.3) is 11.3 Å². The molecule has 1 saturated heterocycles. The zero-order chi connectivity index (χ0) is 18.2. The Morgan fingerprint density at radius 3 is 2.52 bits per heavy atom. The van der Waals surface area contributed by atoms with Gasteiger partial charge >= 0.3 is 12.2 Å². The van der Waals surface area contributed by atoms with Crippen molar-refractivity contribution in [1.29, 1.82) is 0 Å². The van der Waals surface area contributed by atoms with E-state index in [1.807, 2.05) is 6.92 Å². The van der Waals surface area contributed by atoms with Gasteiger partial charge in [-0.15, -0.1) is 11.3 Å². The summed E-state index contributed by atoms with van der Waals surface area (Å²) in [6.45, 7) is 3.10. The molecule has 2 unspecified atom stereocenters. The topological polar surface area (TPSA) is 71.2 Å². The lowest BCUT2D eigenvalue weighted by Gasteiger charge is -2.17. The molecule has 0 saturated carbocycles. The van der Waals surface area contributed by atoms with Gasteiger partial charge in [-0.2, -0.15) is 13.2 Å². The molecule has 1 aromatic carbocycles. The van der Waals surface area contributed by atoms with Crippen LogP contribution in [0.4, 0.5) is 23.7 Å². The van der Waals surface area contributed by atoms with E-state index in [4.69, 9.17) is 5.73 Å². The number of benzene rings is 1. The van der Waals surface area contributed by atoms with Gasteiger partial charge in [0, 0.05) is 35.8 Å². The first-order chi connectivity index (χ1) is 11.7. The lowest BCUT2D eigenvalue weighted by molar-refractivity contribution is -0.137. The number of thiazole rings is 1. The number of urea groups is 1. The SMILES string of the molecule is CC1CN(C(=O)Nc2ccc(-c3csc(C(F)(F)F)n3)cc2)CC1N. The molecule has 1 aliphatic rings. The second-order valence-electron chi connectivity index (χ2n) is 6.09. The van der Waals surface area contributed by atoms with Crippen LogP contribution in [0.5, 0.6) is 0 Å². The first-order valence-electron chi connectivity index (χ1n) is 7.68. The highest BCUT2D eigenvalue weighted by Gasteiger charge is 2.34. The highest BCUT2D eigenvalue weighted by Crippen LogP contribution is 2.34. The van der Waals surface area contributed by atoms with Crippen molar-refractivity contribution in [3.8, 4) is 11.3 Å². The predicted octanol–water partition coefficient (Wildman–Crippen LogP) is 3.64. The normalized spacial score (nSPS) is 20.8. The smallest absolute Gasteiger partial charge is 0.326 e. The summed E-state index contributed by atoms with van der Waals surface area (Å²) in [4.78, 5) is 17.5. The molecule has 5 nitrogen and oxygen atoms in total. The standard InChI is InChI=1S/C16H17F3N4OS/c1-9-6-23(7-12(9)20)15(24)21-11-4-2-10(3-5-11)13-8-25-14(22-13)16(17,18)19/h2-5,8-9,12H,6-7,20H2,1H3,(H,21,24). The van der Waals surface area contributed by atoms with Crippen molar-refractivity contribution in [2.24, 2.45) is 11.7 Å². The van der Waals surface area contributed by atoms with Gasteiger partial charge < -0.3 is 16.0 Å². The van der Waals surface area contributed by atoms with Gasteiger partial charge in [-0.1, -0.05) is 19.1 Å². The molecule has 0 bridgehead atoms. The third-order valence-corrected chi connectivity index (χ3v) is 5.02. The zero-order valence-corrected chi connectivity index (χ0v) is 14.2. The van der Waals surface area contributed by atoms with Gasteiger partial charge in [-0.3, -0.25) is 0 Å². The third-order valence-electron chi connectivity index (χ3n) is 4.14. The van der Waals surface area contributed by atoms with Crippen molar-refractivity contribution in [2.75, 3.05) is 18.4 Å². The molecule has 2 aromatic rings. The molecule has 3 rings (SSSR count). The van der Waals surface area contributed by atoms with E-state index in [9.17, 15) is 18.0 Å². The van der Waals surface area contributed by atoms with Crippen LogP contribution in [0.2, 0.25) is 0 Å². The maximum atomic E-state index is 12.6. The number of hydrogen-bond donors (Lipinski definition) is 2. The van der Waals surface area contributed by atoms with Gasteiger partial charge in [0.1, 0.15) is 0 Å². The van der Waals surface area contributed by atoms with E-state index in [0.29, 0.717) is 35.7 Å². The third kappa shape index (κ3) is 3.93. The Kier molecular flexibility index (Phi) is 4.70. The first kappa shape index (κ1) is 17.7. The van der Waals surface area contributed by atoms with E-state index in [2.05, 4.69) is 10.3 Å². The van der Waals surface area contributed by atoms with Crippen molar-refractivity contribution in [3.63, 3.8) is 0 Å². The quantitative estimate of drug-likeness (QED) is 0.848. The van der Waals surface area contributed by atoms with Crippen molar-refractivity contribution < 1.29 is 18.0 Å². The van der Waals surface area contributed by atoms with Gasteiger partial charge in [0.05, 0.1) is 5.69 Å². The summed E-state index contributed by atoms with van der Waals surface area (Å²) in [6, 6.07) is 6.27. The average Bonchev–Trinajstić information content (AvgIpc) is 3.16. The Morgan fingerprint density at radius 2 is 2.00 bits per heavy atom. The molecule has 1 aromatic heterocycles. The van der Waals surface area contributed by atoms with E-state index in [1.165, 1.54) is 5.38 Å². The monoisotopic (exact) mass is 370 g/mol. The molecule has 2 amide bonds. The highest BCUT2D eigenvalue weighted by molar-refractivity contribution is 7.10. The fourth-order valence-electron chi connectivity index (χ4n) is 2.62. The Morgan fingerprint density at radius 1 is 1.32 bits per heavy atom. The number of alkyl halides is 3. The summed E-state index contributed by atoms with van der Waals surface area (Å²) in [5.74, 6) is 0.251. The molecule has 0 aliphatic carbocycles. The summed E-state index contributed by atoms with van der Waals surface area (Å²) in [7, 11) is 0. The maximum Gasteiger partial charge on any atom is 0.443 e. The highest BCUT2D eigenvalue weighted by atomic mass is 32.1. The summed E-state index contributed by atoms with van der Waals surface area (Å²) in [5, 5.41) is 3.26. The minimum absolute atomic E-state index is 0.0272. The molecule has 3 N–H and O–H groups in total. The summed E-state index contributed by atoms with van der Waals surface area (Å²) in [6.07, 6.45) is -4.44.